The molecule has 2 aliphatic rings. The topological polar surface area (TPSA) is 60.4 Å². The Labute approximate surface area is 110 Å². The fourth-order valence-electron chi connectivity index (χ4n) is 2.49. The number of rotatable bonds is 0. The first-order chi connectivity index (χ1) is 8.91. The molecule has 1 aliphatic heterocycles. The van der Waals surface area contributed by atoms with Crippen LogP contribution >= 0.6 is 0 Å². The molecule has 0 bridgehead atoms. The quantitative estimate of drug-likeness (QED) is 0.667. The van der Waals surface area contributed by atoms with Crippen LogP contribution in [0.3, 0.4) is 0 Å². The van der Waals surface area contributed by atoms with E-state index in [0.717, 1.165) is 0 Å². The van der Waals surface area contributed by atoms with E-state index in [0.29, 0.717) is 5.56 Å². The minimum atomic E-state index is -0.752. The van der Waals surface area contributed by atoms with Gasteiger partial charge in [0.15, 0.2) is 11.5 Å². The van der Waals surface area contributed by atoms with Crippen molar-refractivity contribution in [3.63, 3.8) is 0 Å². The van der Waals surface area contributed by atoms with Crippen molar-refractivity contribution < 1.29 is 19.1 Å². The first kappa shape index (κ1) is 11.8. The number of benzene rings is 1. The number of Topliss-reactive ketones (excluding diaryl/α,β-unsaturated/α-hetero) is 3. The summed E-state index contributed by atoms with van der Waals surface area (Å²) in [6, 6.07) is 6.50. The summed E-state index contributed by atoms with van der Waals surface area (Å²) in [6.07, 6.45) is 0.104. The van der Waals surface area contributed by atoms with Gasteiger partial charge in [-0.15, -0.1) is 0 Å². The van der Waals surface area contributed by atoms with Gasteiger partial charge in [0.2, 0.25) is 11.6 Å². The van der Waals surface area contributed by atoms with E-state index < -0.39 is 11.4 Å². The summed E-state index contributed by atoms with van der Waals surface area (Å²) < 4.78 is 5.58. The van der Waals surface area contributed by atoms with Gasteiger partial charge in [0.25, 0.3) is 0 Å². The molecule has 0 amide bonds. The Hall–Kier alpha value is -2.23. The van der Waals surface area contributed by atoms with E-state index in [1.807, 2.05) is 0 Å². The molecule has 1 heterocycles. The summed E-state index contributed by atoms with van der Waals surface area (Å²) in [6.45, 7) is 3.46. The van der Waals surface area contributed by atoms with Crippen LogP contribution in [0.15, 0.2) is 35.6 Å². The van der Waals surface area contributed by atoms with Crippen LogP contribution in [-0.2, 0) is 9.53 Å². The molecule has 0 radical (unpaired) electrons. The first-order valence-electron chi connectivity index (χ1n) is 6.06. The Morgan fingerprint density at radius 1 is 1.00 bits per heavy atom. The zero-order valence-electron chi connectivity index (χ0n) is 10.6. The summed E-state index contributed by atoms with van der Waals surface area (Å²) in [5, 5.41) is 0. The highest BCUT2D eigenvalue weighted by molar-refractivity contribution is 6.36. The lowest BCUT2D eigenvalue weighted by atomic mass is 9.81. The van der Waals surface area contributed by atoms with Crippen LogP contribution in [0.25, 0.3) is 0 Å². The van der Waals surface area contributed by atoms with Gasteiger partial charge in [0.1, 0.15) is 11.2 Å². The molecular formula is C15H12O4. The molecule has 0 fully saturated rings. The van der Waals surface area contributed by atoms with Gasteiger partial charge in [-0.25, -0.2) is 0 Å². The normalized spacial score (nSPS) is 20.8. The first-order valence-corrected chi connectivity index (χ1v) is 6.06. The molecule has 1 aliphatic carbocycles. The molecule has 0 saturated carbocycles. The van der Waals surface area contributed by atoms with Gasteiger partial charge in [0, 0.05) is 11.1 Å². The molecule has 0 spiro atoms. The van der Waals surface area contributed by atoms with Crippen LogP contribution in [-0.4, -0.2) is 23.0 Å². The van der Waals surface area contributed by atoms with E-state index in [1.165, 1.54) is 0 Å². The molecular weight excluding hydrogens is 244 g/mol. The van der Waals surface area contributed by atoms with Crippen molar-refractivity contribution in [2.24, 2.45) is 0 Å². The highest BCUT2D eigenvalue weighted by atomic mass is 16.5. The number of ketones is 3. The van der Waals surface area contributed by atoms with Gasteiger partial charge < -0.3 is 4.74 Å². The van der Waals surface area contributed by atoms with E-state index in [1.54, 1.807) is 38.1 Å². The number of carbonyl (C=O) groups excluding carboxylic acids is 3. The number of carbonyl (C=O) groups is 3. The molecule has 4 nitrogen and oxygen atoms in total. The van der Waals surface area contributed by atoms with Crippen LogP contribution in [0, 0.1) is 0 Å². The third-order valence-corrected chi connectivity index (χ3v) is 3.32. The summed E-state index contributed by atoms with van der Waals surface area (Å²) in [5.74, 6) is -1.21. The maximum absolute atomic E-state index is 12.3. The Morgan fingerprint density at radius 2 is 1.58 bits per heavy atom. The standard InChI is InChI=1S/C15H12O4/c1-15(2)7-10(16)11-12(17)8-5-3-4-6-9(8)13(18)14(11)19-15/h3-6H,7H2,1-2H3. The third kappa shape index (κ3) is 1.63. The van der Waals surface area contributed by atoms with Crippen molar-refractivity contribution in [2.75, 3.05) is 0 Å². The van der Waals surface area contributed by atoms with Crippen LogP contribution in [0.2, 0.25) is 0 Å². The number of hydrogen-bond donors (Lipinski definition) is 0. The summed E-state index contributed by atoms with van der Waals surface area (Å²) in [5.41, 5.74) is -0.263. The lowest BCUT2D eigenvalue weighted by Crippen LogP contribution is -2.40. The fraction of sp³-hybridized carbons (Fsp3) is 0.267. The van der Waals surface area contributed by atoms with Crippen LogP contribution in [0.5, 0.6) is 0 Å². The third-order valence-electron chi connectivity index (χ3n) is 3.32. The number of allylic oxidation sites excluding steroid dienone is 2. The minimum Gasteiger partial charge on any atom is -0.482 e. The summed E-state index contributed by atoms with van der Waals surface area (Å²) >= 11 is 0. The predicted molar refractivity (Wildman–Crippen MR) is 66.9 cm³/mol. The molecule has 96 valence electrons. The van der Waals surface area contributed by atoms with Crippen molar-refractivity contribution in [3.8, 4) is 0 Å². The van der Waals surface area contributed by atoms with Crippen LogP contribution in [0.4, 0.5) is 0 Å². The van der Waals surface area contributed by atoms with Crippen molar-refractivity contribution in [3.05, 3.63) is 46.7 Å². The van der Waals surface area contributed by atoms with Gasteiger partial charge in [0.05, 0.1) is 6.42 Å². The van der Waals surface area contributed by atoms with Gasteiger partial charge in [-0.05, 0) is 13.8 Å². The van der Waals surface area contributed by atoms with Gasteiger partial charge in [-0.3, -0.25) is 14.4 Å². The number of hydrogen-bond acceptors (Lipinski definition) is 4. The monoisotopic (exact) mass is 256 g/mol. The van der Waals surface area contributed by atoms with Gasteiger partial charge in [-0.2, -0.15) is 0 Å². The highest BCUT2D eigenvalue weighted by Gasteiger charge is 2.44. The smallest absolute Gasteiger partial charge is 0.229 e. The average molecular weight is 256 g/mol. The number of ether oxygens (including phenoxy) is 1. The molecule has 0 aromatic heterocycles. The highest BCUT2D eigenvalue weighted by Crippen LogP contribution is 2.36. The second kappa shape index (κ2) is 3.63. The molecule has 0 atom stereocenters. The summed E-state index contributed by atoms with van der Waals surface area (Å²) in [4.78, 5) is 36.7. The van der Waals surface area contributed by atoms with E-state index in [4.69, 9.17) is 4.74 Å². The van der Waals surface area contributed by atoms with Crippen molar-refractivity contribution in [1.82, 2.24) is 0 Å². The Bertz CT molecular complexity index is 664. The Balaban J connectivity index is 2.23. The van der Waals surface area contributed by atoms with Crippen molar-refractivity contribution >= 4 is 17.3 Å². The minimum absolute atomic E-state index is 0.0926. The van der Waals surface area contributed by atoms with Gasteiger partial charge in [-0.1, -0.05) is 24.3 Å². The largest absolute Gasteiger partial charge is 0.482 e. The fourth-order valence-corrected chi connectivity index (χ4v) is 2.49. The molecule has 3 rings (SSSR count). The average Bonchev–Trinajstić information content (AvgIpc) is 2.34. The molecule has 0 unspecified atom stereocenters. The lowest BCUT2D eigenvalue weighted by molar-refractivity contribution is -0.122. The van der Waals surface area contributed by atoms with E-state index >= 15 is 0 Å². The zero-order valence-corrected chi connectivity index (χ0v) is 10.6. The van der Waals surface area contributed by atoms with Crippen LogP contribution in [0.1, 0.15) is 41.0 Å². The molecule has 1 aromatic carbocycles. The van der Waals surface area contributed by atoms with Gasteiger partial charge >= 0.3 is 0 Å². The Morgan fingerprint density at radius 3 is 2.21 bits per heavy atom. The second-order valence-electron chi connectivity index (χ2n) is 5.37. The Kier molecular flexibility index (Phi) is 2.26. The molecule has 0 saturated heterocycles. The molecule has 0 N–H and O–H groups in total. The van der Waals surface area contributed by atoms with E-state index in [-0.39, 0.29) is 34.9 Å². The van der Waals surface area contributed by atoms with E-state index in [2.05, 4.69) is 0 Å². The molecule has 19 heavy (non-hydrogen) atoms. The maximum Gasteiger partial charge on any atom is 0.229 e. The van der Waals surface area contributed by atoms with E-state index in [9.17, 15) is 14.4 Å². The van der Waals surface area contributed by atoms with Crippen molar-refractivity contribution in [2.45, 2.75) is 25.9 Å². The number of fused-ring (bicyclic) bond motifs is 1. The zero-order chi connectivity index (χ0) is 13.8. The summed E-state index contributed by atoms with van der Waals surface area (Å²) in [7, 11) is 0. The lowest BCUT2D eigenvalue weighted by Gasteiger charge is -2.34. The predicted octanol–water partition coefficient (Wildman–Crippen LogP) is 2.09. The van der Waals surface area contributed by atoms with Crippen molar-refractivity contribution in [1.29, 1.82) is 0 Å². The molecule has 4 heteroatoms. The molecule has 1 aromatic rings. The van der Waals surface area contributed by atoms with Crippen LogP contribution < -0.4 is 0 Å². The maximum atomic E-state index is 12.3. The second-order valence-corrected chi connectivity index (χ2v) is 5.37. The SMILES string of the molecule is CC1(C)CC(=O)C2=C(O1)C(=O)c1ccccc1C2=O.